The molecule has 0 spiro atoms. The highest BCUT2D eigenvalue weighted by atomic mass is 16.8. The molecule has 6 heavy (non-hydrogen) atoms. The highest BCUT2D eigenvalue weighted by molar-refractivity contribution is 3.77. The molecule has 0 rings (SSSR count). The Kier molecular flexibility index (Phi) is 4.71. The van der Waals surface area contributed by atoms with Crippen molar-refractivity contribution >= 4 is 0 Å². The Morgan fingerprint density at radius 3 is 1.50 bits per heavy atom. The maximum atomic E-state index is 4.30. The summed E-state index contributed by atoms with van der Waals surface area (Å²) in [6.07, 6.45) is 0. The Hall–Kier alpha value is -0.160. The molecule has 0 aliphatic carbocycles. The van der Waals surface area contributed by atoms with Crippen molar-refractivity contribution in [1.29, 1.82) is 0 Å². The van der Waals surface area contributed by atoms with E-state index in [-0.39, 0.29) is 0 Å². The largest absolute Gasteiger partial charge is 0.288 e. The molecular weight excluding hydrogens is 84.0 g/mol. The minimum atomic E-state index is 1.48. The molecule has 4 heteroatoms. The quantitative estimate of drug-likeness (QED) is 0.353. The molecule has 0 aromatic rings. The van der Waals surface area contributed by atoms with Crippen LogP contribution in [0.3, 0.4) is 0 Å². The van der Waals surface area contributed by atoms with Crippen LogP contribution in [0.25, 0.3) is 0 Å². The lowest BCUT2D eigenvalue weighted by molar-refractivity contribution is -0.0714. The van der Waals surface area contributed by atoms with Gasteiger partial charge in [0.05, 0.1) is 14.2 Å². The molecule has 38 valence electrons. The van der Waals surface area contributed by atoms with Crippen LogP contribution in [-0.2, 0) is 9.68 Å². The molecule has 0 aromatic heterocycles. The smallest absolute Gasteiger partial charge is 0.0589 e. The zero-order valence-corrected chi connectivity index (χ0v) is 3.82. The number of hydrogen-bond acceptors (Lipinski definition) is 4. The predicted octanol–water partition coefficient (Wildman–Crippen LogP) is -0.797. The Bertz CT molecular complexity index is 21.5. The lowest BCUT2D eigenvalue weighted by atomic mass is 11.7. The first-order chi connectivity index (χ1) is 2.91. The minimum absolute atomic E-state index is 1.48. The van der Waals surface area contributed by atoms with Crippen LogP contribution in [0.15, 0.2) is 0 Å². The predicted molar refractivity (Wildman–Crippen MR) is 20.3 cm³/mol. The van der Waals surface area contributed by atoms with E-state index in [1.807, 2.05) is 0 Å². The second-order valence-corrected chi connectivity index (χ2v) is 0.612. The van der Waals surface area contributed by atoms with Crippen molar-refractivity contribution in [2.75, 3.05) is 14.2 Å². The summed E-state index contributed by atoms with van der Waals surface area (Å²) in [5, 5.41) is 0. The molecule has 0 heterocycles. The van der Waals surface area contributed by atoms with Crippen molar-refractivity contribution in [3.05, 3.63) is 0 Å². The molecule has 0 unspecified atom stereocenters. The first-order valence-corrected chi connectivity index (χ1v) is 1.47. The molecule has 0 fully saturated rings. The standard InChI is InChI=1S/C2H8N2O2/c1-5-3-4-6-2/h3-4H,1-2H3. The Morgan fingerprint density at radius 1 is 1.00 bits per heavy atom. The number of hydrazine groups is 1. The summed E-state index contributed by atoms with van der Waals surface area (Å²) in [6.45, 7) is 0. The van der Waals surface area contributed by atoms with Crippen LogP contribution in [0, 0.1) is 0 Å². The van der Waals surface area contributed by atoms with Crippen molar-refractivity contribution in [3.8, 4) is 0 Å². The molecule has 0 saturated heterocycles. The average molecular weight is 92.1 g/mol. The molecule has 4 nitrogen and oxygen atoms in total. The second-order valence-electron chi connectivity index (χ2n) is 0.612. The summed E-state index contributed by atoms with van der Waals surface area (Å²) >= 11 is 0. The summed E-state index contributed by atoms with van der Waals surface area (Å²) in [4.78, 5) is 8.59. The summed E-state index contributed by atoms with van der Waals surface area (Å²) in [7, 11) is 2.96. The van der Waals surface area contributed by atoms with Crippen molar-refractivity contribution in [1.82, 2.24) is 11.2 Å². The van der Waals surface area contributed by atoms with E-state index in [9.17, 15) is 0 Å². The van der Waals surface area contributed by atoms with E-state index in [0.717, 1.165) is 0 Å². The van der Waals surface area contributed by atoms with E-state index in [4.69, 9.17) is 0 Å². The van der Waals surface area contributed by atoms with Gasteiger partial charge in [0, 0.05) is 0 Å². The normalized spacial score (nSPS) is 9.00. The monoisotopic (exact) mass is 92.1 g/mol. The zero-order valence-electron chi connectivity index (χ0n) is 3.82. The third kappa shape index (κ3) is 3.84. The van der Waals surface area contributed by atoms with Crippen molar-refractivity contribution in [3.63, 3.8) is 0 Å². The SMILES string of the molecule is CONNOC. The van der Waals surface area contributed by atoms with Gasteiger partial charge in [-0.15, -0.1) is 11.2 Å². The molecule has 0 saturated carbocycles. The van der Waals surface area contributed by atoms with Crippen LogP contribution in [0.1, 0.15) is 0 Å². The van der Waals surface area contributed by atoms with Gasteiger partial charge in [-0.1, -0.05) is 0 Å². The van der Waals surface area contributed by atoms with Gasteiger partial charge < -0.3 is 0 Å². The van der Waals surface area contributed by atoms with Gasteiger partial charge in [-0.05, 0) is 0 Å². The lowest BCUT2D eigenvalue weighted by Gasteiger charge is -1.96. The highest BCUT2D eigenvalue weighted by Gasteiger charge is 1.65. The highest BCUT2D eigenvalue weighted by Crippen LogP contribution is 1.43. The van der Waals surface area contributed by atoms with E-state index in [2.05, 4.69) is 20.9 Å². The maximum Gasteiger partial charge on any atom is 0.0589 e. The fraction of sp³-hybridized carbons (Fsp3) is 1.00. The van der Waals surface area contributed by atoms with E-state index in [1.165, 1.54) is 14.2 Å². The fourth-order valence-corrected chi connectivity index (χ4v) is 0.0833. The van der Waals surface area contributed by atoms with Crippen LogP contribution >= 0.6 is 0 Å². The molecule has 0 atom stereocenters. The third-order valence-electron chi connectivity index (χ3n) is 0.246. The zero-order chi connectivity index (χ0) is 4.83. The lowest BCUT2D eigenvalue weighted by Crippen LogP contribution is -2.28. The molecule has 0 aliphatic rings. The summed E-state index contributed by atoms with van der Waals surface area (Å²) in [5.41, 5.74) is 4.45. The number of rotatable bonds is 3. The van der Waals surface area contributed by atoms with Crippen molar-refractivity contribution in [2.45, 2.75) is 0 Å². The summed E-state index contributed by atoms with van der Waals surface area (Å²) in [6, 6.07) is 0. The van der Waals surface area contributed by atoms with Crippen molar-refractivity contribution in [2.24, 2.45) is 0 Å². The Labute approximate surface area is 36.3 Å². The molecule has 0 aromatic carbocycles. The van der Waals surface area contributed by atoms with E-state index in [1.54, 1.807) is 0 Å². The van der Waals surface area contributed by atoms with Gasteiger partial charge >= 0.3 is 0 Å². The van der Waals surface area contributed by atoms with Crippen LogP contribution in [-0.4, -0.2) is 14.2 Å². The second kappa shape index (κ2) is 4.84. The topological polar surface area (TPSA) is 42.5 Å². The molecular formula is C2H8N2O2. The average Bonchev–Trinajstić information content (AvgIpc) is 1.61. The van der Waals surface area contributed by atoms with Gasteiger partial charge in [-0.25, -0.2) is 0 Å². The molecule has 0 amide bonds. The third-order valence-corrected chi connectivity index (χ3v) is 0.246. The summed E-state index contributed by atoms with van der Waals surface area (Å²) < 4.78 is 0. The first kappa shape index (κ1) is 5.84. The van der Waals surface area contributed by atoms with Gasteiger partial charge in [-0.3, -0.25) is 9.68 Å². The Balaban J connectivity index is 2.34. The van der Waals surface area contributed by atoms with Crippen LogP contribution < -0.4 is 11.2 Å². The summed E-state index contributed by atoms with van der Waals surface area (Å²) in [5.74, 6) is 0. The number of hydrogen-bond donors (Lipinski definition) is 2. The Morgan fingerprint density at radius 2 is 1.33 bits per heavy atom. The van der Waals surface area contributed by atoms with Gasteiger partial charge in [0.2, 0.25) is 0 Å². The maximum absolute atomic E-state index is 4.30. The van der Waals surface area contributed by atoms with Crippen LogP contribution in [0.4, 0.5) is 0 Å². The molecule has 0 bridgehead atoms. The molecule has 2 N–H and O–H groups in total. The van der Waals surface area contributed by atoms with Crippen LogP contribution in [0.5, 0.6) is 0 Å². The van der Waals surface area contributed by atoms with Gasteiger partial charge in [-0.2, -0.15) is 0 Å². The molecule has 0 radical (unpaired) electrons. The molecule has 0 aliphatic heterocycles. The van der Waals surface area contributed by atoms with E-state index in [0.29, 0.717) is 0 Å². The van der Waals surface area contributed by atoms with E-state index >= 15 is 0 Å². The van der Waals surface area contributed by atoms with E-state index < -0.39 is 0 Å². The fourth-order valence-electron chi connectivity index (χ4n) is 0.0833. The van der Waals surface area contributed by atoms with Gasteiger partial charge in [0.1, 0.15) is 0 Å². The van der Waals surface area contributed by atoms with Crippen LogP contribution in [0.2, 0.25) is 0 Å². The van der Waals surface area contributed by atoms with Gasteiger partial charge in [0.15, 0.2) is 0 Å². The first-order valence-electron chi connectivity index (χ1n) is 1.47. The minimum Gasteiger partial charge on any atom is -0.288 e. The van der Waals surface area contributed by atoms with Gasteiger partial charge in [0.25, 0.3) is 0 Å². The number of nitrogens with one attached hydrogen (secondary N) is 2. The van der Waals surface area contributed by atoms with Crippen molar-refractivity contribution < 1.29 is 9.68 Å².